The summed E-state index contributed by atoms with van der Waals surface area (Å²) in [5.74, 6) is 0. The highest BCUT2D eigenvalue weighted by Gasteiger charge is 2.36. The van der Waals surface area contributed by atoms with Crippen LogP contribution >= 0.6 is 0 Å². The van der Waals surface area contributed by atoms with Crippen LogP contribution in [0.2, 0.25) is 0 Å². The average molecular weight is 795 g/mol. The Labute approximate surface area is 357 Å². The highest BCUT2D eigenvalue weighted by atomic mass is 16.3. The van der Waals surface area contributed by atoms with Crippen LogP contribution in [0.25, 0.3) is 88.6 Å². The molecule has 4 heterocycles. The van der Waals surface area contributed by atoms with Crippen molar-refractivity contribution in [2.24, 2.45) is 0 Å². The van der Waals surface area contributed by atoms with Crippen molar-refractivity contribution in [2.45, 2.75) is 72.1 Å². The molecule has 0 unspecified atom stereocenters. The van der Waals surface area contributed by atoms with Crippen molar-refractivity contribution in [1.82, 2.24) is 9.97 Å². The fourth-order valence-electron chi connectivity index (χ4n) is 9.91. The van der Waals surface area contributed by atoms with Gasteiger partial charge in [0, 0.05) is 61.6 Å². The lowest BCUT2D eigenvalue weighted by Crippen LogP contribution is -2.28. The zero-order chi connectivity index (χ0) is 41.7. The van der Waals surface area contributed by atoms with E-state index in [1.165, 1.54) is 57.2 Å². The van der Waals surface area contributed by atoms with Crippen LogP contribution in [-0.4, -0.2) is 9.97 Å². The molecule has 6 aromatic carbocycles. The van der Waals surface area contributed by atoms with Gasteiger partial charge in [-0.2, -0.15) is 0 Å². The second-order valence-electron chi connectivity index (χ2n) is 16.8. The smallest absolute Gasteiger partial charge is 0.144 e. The Bertz CT molecular complexity index is 3200. The van der Waals surface area contributed by atoms with Crippen LogP contribution in [0.1, 0.15) is 74.3 Å². The molecule has 0 aliphatic heterocycles. The number of hydrogen-bond donors (Lipinski definition) is 0. The predicted octanol–water partition coefficient (Wildman–Crippen LogP) is 16.0. The van der Waals surface area contributed by atoms with E-state index in [1.54, 1.807) is 0 Å². The van der Waals surface area contributed by atoms with Crippen molar-refractivity contribution < 1.29 is 8.83 Å². The van der Waals surface area contributed by atoms with Crippen LogP contribution in [0.4, 0.5) is 0 Å². The molecule has 0 aliphatic carbocycles. The summed E-state index contributed by atoms with van der Waals surface area (Å²) < 4.78 is 13.0. The maximum absolute atomic E-state index is 6.56. The number of nitrogens with zero attached hydrogens (tertiary/aromatic N) is 2. The van der Waals surface area contributed by atoms with E-state index in [9.17, 15) is 0 Å². The van der Waals surface area contributed by atoms with Crippen LogP contribution in [0.5, 0.6) is 0 Å². The summed E-state index contributed by atoms with van der Waals surface area (Å²) in [4.78, 5) is 10.3. The maximum atomic E-state index is 6.56. The SMILES string of the molecule is CCCCc1ccc2oc3c(-c4ccc(-c5cccc(-c6ccc(-c7cccc8c7oc7ccccc78)nc6)c5C(CC)(CC)c5cc(C)cc(C)c5)cn4)cccc3c2c1. The number of para-hydroxylation sites is 3. The monoisotopic (exact) mass is 794 g/mol. The molecule has 0 bridgehead atoms. The minimum atomic E-state index is -0.282. The fourth-order valence-corrected chi connectivity index (χ4v) is 9.91. The standard InChI is InChI=1S/C57H50N2O2/c1-6-9-15-38-24-29-53-49(33-38)46-20-14-22-48(56(46)61-53)51-28-26-40(35-59-51)43-18-12-17-42(54(43)57(7-2,8-3)41-31-36(4)30-37(5)32-41)39-25-27-50(58-34-39)47-21-13-19-45-44-16-10-11-23-52(44)60-55(45)47/h10-14,16-35H,6-9,15H2,1-5H3. The number of hydrogen-bond acceptors (Lipinski definition) is 4. The summed E-state index contributed by atoms with van der Waals surface area (Å²) in [6.45, 7) is 11.3. The quantitative estimate of drug-likeness (QED) is 0.131. The summed E-state index contributed by atoms with van der Waals surface area (Å²) in [6.07, 6.45) is 9.38. The van der Waals surface area contributed by atoms with E-state index in [1.807, 2.05) is 18.3 Å². The lowest BCUT2D eigenvalue weighted by molar-refractivity contribution is 0.480. The van der Waals surface area contributed by atoms with E-state index in [0.717, 1.165) is 91.4 Å². The molecule has 61 heavy (non-hydrogen) atoms. The molecule has 10 aromatic rings. The number of rotatable bonds is 11. The lowest BCUT2D eigenvalue weighted by atomic mass is 9.66. The van der Waals surface area contributed by atoms with E-state index < -0.39 is 0 Å². The first-order chi connectivity index (χ1) is 29.9. The largest absolute Gasteiger partial charge is 0.455 e. The lowest BCUT2D eigenvalue weighted by Gasteiger charge is -2.37. The van der Waals surface area contributed by atoms with Gasteiger partial charge in [-0.25, -0.2) is 0 Å². The molecule has 0 saturated carbocycles. The Hall–Kier alpha value is -6.78. The van der Waals surface area contributed by atoms with Crippen molar-refractivity contribution in [2.75, 3.05) is 0 Å². The minimum absolute atomic E-state index is 0.282. The number of aromatic nitrogens is 2. The minimum Gasteiger partial charge on any atom is -0.455 e. The first kappa shape index (κ1) is 38.4. The van der Waals surface area contributed by atoms with Gasteiger partial charge in [-0.05, 0) is 110 Å². The maximum Gasteiger partial charge on any atom is 0.144 e. The summed E-state index contributed by atoms with van der Waals surface area (Å²) in [6, 6.07) is 50.2. The number of benzene rings is 6. The van der Waals surface area contributed by atoms with Crippen LogP contribution in [0.3, 0.4) is 0 Å². The van der Waals surface area contributed by atoms with Crippen molar-refractivity contribution in [3.05, 3.63) is 180 Å². The molecule has 0 aliphatic rings. The van der Waals surface area contributed by atoms with Gasteiger partial charge in [0.25, 0.3) is 0 Å². The molecule has 4 nitrogen and oxygen atoms in total. The molecule has 0 N–H and O–H groups in total. The Morgan fingerprint density at radius 3 is 1.61 bits per heavy atom. The second-order valence-corrected chi connectivity index (χ2v) is 16.8. The average Bonchev–Trinajstić information content (AvgIpc) is 3.87. The van der Waals surface area contributed by atoms with Crippen molar-refractivity contribution in [1.29, 1.82) is 0 Å². The molecule has 0 atom stereocenters. The van der Waals surface area contributed by atoms with Gasteiger partial charge in [0.2, 0.25) is 0 Å². The molecule has 0 amide bonds. The Morgan fingerprint density at radius 2 is 1.03 bits per heavy atom. The number of fused-ring (bicyclic) bond motifs is 6. The number of furan rings is 2. The van der Waals surface area contributed by atoms with Crippen molar-refractivity contribution in [3.8, 4) is 44.8 Å². The highest BCUT2D eigenvalue weighted by Crippen LogP contribution is 2.49. The Kier molecular flexibility index (Phi) is 9.87. The number of unbranched alkanes of at least 4 members (excludes halogenated alkanes) is 1. The summed E-state index contributed by atoms with van der Waals surface area (Å²) in [5.41, 5.74) is 18.1. The van der Waals surface area contributed by atoms with Gasteiger partial charge in [-0.15, -0.1) is 0 Å². The van der Waals surface area contributed by atoms with E-state index >= 15 is 0 Å². The second kappa shape index (κ2) is 15.7. The van der Waals surface area contributed by atoms with Gasteiger partial charge in [-0.1, -0.05) is 135 Å². The van der Waals surface area contributed by atoms with Gasteiger partial charge >= 0.3 is 0 Å². The normalized spacial score (nSPS) is 12.0. The van der Waals surface area contributed by atoms with E-state index in [-0.39, 0.29) is 5.41 Å². The van der Waals surface area contributed by atoms with Gasteiger partial charge in [-0.3, -0.25) is 9.97 Å². The summed E-state index contributed by atoms with van der Waals surface area (Å²) in [7, 11) is 0. The molecule has 300 valence electrons. The Balaban J connectivity index is 1.10. The van der Waals surface area contributed by atoms with Gasteiger partial charge in [0.05, 0.1) is 11.4 Å². The number of aryl methyl sites for hydroxylation is 3. The molecule has 0 spiro atoms. The molecule has 0 radical (unpaired) electrons. The van der Waals surface area contributed by atoms with Crippen molar-refractivity contribution in [3.63, 3.8) is 0 Å². The Morgan fingerprint density at radius 1 is 0.492 bits per heavy atom. The van der Waals surface area contributed by atoms with Crippen LogP contribution < -0.4 is 0 Å². The van der Waals surface area contributed by atoms with Gasteiger partial charge in [0.15, 0.2) is 0 Å². The highest BCUT2D eigenvalue weighted by molar-refractivity contribution is 6.10. The predicted molar refractivity (Wildman–Crippen MR) is 254 cm³/mol. The zero-order valence-corrected chi connectivity index (χ0v) is 35.7. The molecule has 10 rings (SSSR count). The first-order valence-electron chi connectivity index (χ1n) is 21.9. The van der Waals surface area contributed by atoms with Crippen LogP contribution in [0.15, 0.2) is 161 Å². The molecular weight excluding hydrogens is 745 g/mol. The molecule has 4 aromatic heterocycles. The van der Waals surface area contributed by atoms with Crippen LogP contribution in [-0.2, 0) is 11.8 Å². The number of pyridine rings is 2. The zero-order valence-electron chi connectivity index (χ0n) is 35.7. The molecule has 0 fully saturated rings. The van der Waals surface area contributed by atoms with E-state index in [4.69, 9.17) is 18.8 Å². The summed E-state index contributed by atoms with van der Waals surface area (Å²) in [5, 5.41) is 4.51. The van der Waals surface area contributed by atoms with Gasteiger partial charge < -0.3 is 8.83 Å². The third kappa shape index (κ3) is 6.62. The van der Waals surface area contributed by atoms with Crippen molar-refractivity contribution >= 4 is 43.9 Å². The molecule has 4 heteroatoms. The van der Waals surface area contributed by atoms with E-state index in [0.29, 0.717) is 0 Å². The van der Waals surface area contributed by atoms with E-state index in [2.05, 4.69) is 168 Å². The van der Waals surface area contributed by atoms with Crippen LogP contribution in [0, 0.1) is 13.8 Å². The molecule has 0 saturated heterocycles. The topological polar surface area (TPSA) is 52.1 Å². The third-order valence-corrected chi connectivity index (χ3v) is 13.0. The fraction of sp³-hybridized carbons (Fsp3) is 0.193. The van der Waals surface area contributed by atoms with Gasteiger partial charge in [0.1, 0.15) is 22.3 Å². The first-order valence-corrected chi connectivity index (χ1v) is 21.9. The summed E-state index contributed by atoms with van der Waals surface area (Å²) >= 11 is 0. The molecular formula is C57H50N2O2. The third-order valence-electron chi connectivity index (χ3n) is 13.0.